The summed E-state index contributed by atoms with van der Waals surface area (Å²) in [6.07, 6.45) is 0. The lowest BCUT2D eigenvalue weighted by Crippen LogP contribution is -2.19. The maximum absolute atomic E-state index is 11.9. The first-order chi connectivity index (χ1) is 9.56. The van der Waals surface area contributed by atoms with Crippen molar-refractivity contribution in [2.24, 2.45) is 0 Å². The number of fused-ring (bicyclic) bond motifs is 1. The lowest BCUT2D eigenvalue weighted by atomic mass is 10.2. The summed E-state index contributed by atoms with van der Waals surface area (Å²) in [4.78, 5) is 14.5. The molecule has 0 amide bonds. The summed E-state index contributed by atoms with van der Waals surface area (Å²) in [7, 11) is 3.97. The summed E-state index contributed by atoms with van der Waals surface area (Å²) in [6.45, 7) is 1.63. The van der Waals surface area contributed by atoms with Gasteiger partial charge in [0, 0.05) is 25.3 Å². The monoisotopic (exact) mass is 287 g/mol. The first kappa shape index (κ1) is 12.7. The molecule has 0 saturated carbocycles. The molecule has 3 aromatic rings. The average Bonchev–Trinajstić information content (AvgIpc) is 2.88. The number of benzene rings is 1. The summed E-state index contributed by atoms with van der Waals surface area (Å²) in [5.74, 6) is 0. The number of aromatic nitrogens is 4. The molecular formula is C13H13N5OS. The van der Waals surface area contributed by atoms with Crippen molar-refractivity contribution in [1.29, 1.82) is 0 Å². The van der Waals surface area contributed by atoms with Crippen molar-refractivity contribution >= 4 is 22.0 Å². The molecule has 0 aliphatic carbocycles. The van der Waals surface area contributed by atoms with E-state index in [4.69, 9.17) is 0 Å². The Hall–Kier alpha value is -2.28. The van der Waals surface area contributed by atoms with Crippen molar-refractivity contribution in [3.8, 4) is 10.6 Å². The van der Waals surface area contributed by atoms with E-state index in [0.29, 0.717) is 10.7 Å². The molecule has 7 heteroatoms. The van der Waals surface area contributed by atoms with E-state index in [2.05, 4.69) is 15.3 Å². The minimum Gasteiger partial charge on any atom is -0.378 e. The number of hydrogen-bond acceptors (Lipinski definition) is 6. The Balaban J connectivity index is 2.18. The van der Waals surface area contributed by atoms with Crippen LogP contribution in [0.5, 0.6) is 0 Å². The standard InChI is InChI=1S/C13H13N5OS/c1-8-12(19)18-13(15-14-8)20-11(16-18)9-5-4-6-10(7-9)17(2)3/h4-7H,1-3H3. The molecule has 6 nitrogen and oxygen atoms in total. The van der Waals surface area contributed by atoms with Crippen LogP contribution in [0.15, 0.2) is 29.1 Å². The van der Waals surface area contributed by atoms with Gasteiger partial charge in [-0.25, -0.2) is 0 Å². The Bertz CT molecular complexity index is 836. The Labute approximate surface area is 119 Å². The van der Waals surface area contributed by atoms with Crippen LogP contribution in [-0.4, -0.2) is 33.9 Å². The van der Waals surface area contributed by atoms with Gasteiger partial charge in [-0.2, -0.15) is 9.61 Å². The summed E-state index contributed by atoms with van der Waals surface area (Å²) in [5, 5.41) is 12.9. The average molecular weight is 287 g/mol. The van der Waals surface area contributed by atoms with Crippen molar-refractivity contribution < 1.29 is 0 Å². The number of hydrogen-bond donors (Lipinski definition) is 0. The number of nitrogens with zero attached hydrogens (tertiary/aromatic N) is 5. The van der Waals surface area contributed by atoms with Gasteiger partial charge in [0.25, 0.3) is 5.56 Å². The van der Waals surface area contributed by atoms with Gasteiger partial charge < -0.3 is 4.90 Å². The van der Waals surface area contributed by atoms with Crippen molar-refractivity contribution in [1.82, 2.24) is 19.8 Å². The van der Waals surface area contributed by atoms with Gasteiger partial charge in [0.15, 0.2) is 0 Å². The zero-order valence-electron chi connectivity index (χ0n) is 11.4. The molecule has 3 rings (SSSR count). The molecule has 2 aromatic heterocycles. The number of aryl methyl sites for hydroxylation is 1. The first-order valence-electron chi connectivity index (χ1n) is 6.07. The maximum atomic E-state index is 11.9. The molecule has 0 unspecified atom stereocenters. The SMILES string of the molecule is Cc1nnc2sc(-c3cccc(N(C)C)c3)nn2c1=O. The molecule has 2 heterocycles. The smallest absolute Gasteiger partial charge is 0.296 e. The van der Waals surface area contributed by atoms with Crippen molar-refractivity contribution in [3.63, 3.8) is 0 Å². The minimum atomic E-state index is -0.221. The highest BCUT2D eigenvalue weighted by atomic mass is 32.1. The molecule has 0 aliphatic heterocycles. The van der Waals surface area contributed by atoms with Crippen LogP contribution < -0.4 is 10.5 Å². The fraction of sp³-hybridized carbons (Fsp3) is 0.231. The largest absolute Gasteiger partial charge is 0.378 e. The van der Waals surface area contributed by atoms with E-state index in [1.807, 2.05) is 43.3 Å². The minimum absolute atomic E-state index is 0.221. The maximum Gasteiger partial charge on any atom is 0.296 e. The lowest BCUT2D eigenvalue weighted by Gasteiger charge is -2.12. The molecule has 0 atom stereocenters. The number of anilines is 1. The van der Waals surface area contributed by atoms with Gasteiger partial charge in [-0.1, -0.05) is 23.5 Å². The molecule has 102 valence electrons. The summed E-state index contributed by atoms with van der Waals surface area (Å²) >= 11 is 1.35. The van der Waals surface area contributed by atoms with Crippen LogP contribution >= 0.6 is 11.3 Å². The van der Waals surface area contributed by atoms with Gasteiger partial charge in [0.05, 0.1) is 0 Å². The molecule has 0 saturated heterocycles. The summed E-state index contributed by atoms with van der Waals surface area (Å²) < 4.78 is 1.31. The van der Waals surface area contributed by atoms with E-state index in [9.17, 15) is 4.79 Å². The van der Waals surface area contributed by atoms with Gasteiger partial charge in [-0.15, -0.1) is 10.2 Å². The van der Waals surface area contributed by atoms with Gasteiger partial charge in [-0.3, -0.25) is 4.79 Å². The fourth-order valence-electron chi connectivity index (χ4n) is 1.83. The van der Waals surface area contributed by atoms with Crippen molar-refractivity contribution in [2.45, 2.75) is 6.92 Å². The normalized spacial score (nSPS) is 10.9. The zero-order valence-corrected chi connectivity index (χ0v) is 12.2. The third kappa shape index (κ3) is 2.05. The molecule has 0 spiro atoms. The Morgan fingerprint density at radius 2 is 2.05 bits per heavy atom. The number of rotatable bonds is 2. The zero-order chi connectivity index (χ0) is 14.3. The second-order valence-electron chi connectivity index (χ2n) is 4.64. The molecular weight excluding hydrogens is 274 g/mol. The van der Waals surface area contributed by atoms with Crippen LogP contribution in [0.2, 0.25) is 0 Å². The van der Waals surface area contributed by atoms with E-state index in [0.717, 1.165) is 16.3 Å². The highest BCUT2D eigenvalue weighted by Crippen LogP contribution is 2.26. The van der Waals surface area contributed by atoms with Crippen LogP contribution in [0.1, 0.15) is 5.69 Å². The second kappa shape index (κ2) is 4.68. The van der Waals surface area contributed by atoms with Gasteiger partial charge in [0.1, 0.15) is 10.7 Å². The quantitative estimate of drug-likeness (QED) is 0.716. The van der Waals surface area contributed by atoms with Crippen LogP contribution in [-0.2, 0) is 0 Å². The first-order valence-corrected chi connectivity index (χ1v) is 6.89. The molecule has 0 bridgehead atoms. The van der Waals surface area contributed by atoms with E-state index in [1.165, 1.54) is 15.9 Å². The molecule has 1 aromatic carbocycles. The third-order valence-corrected chi connectivity index (χ3v) is 3.90. The molecule has 0 N–H and O–H groups in total. The van der Waals surface area contributed by atoms with E-state index in [-0.39, 0.29) is 5.56 Å². The highest BCUT2D eigenvalue weighted by Gasteiger charge is 2.11. The highest BCUT2D eigenvalue weighted by molar-refractivity contribution is 7.19. The van der Waals surface area contributed by atoms with Crippen LogP contribution in [0, 0.1) is 6.92 Å². The van der Waals surface area contributed by atoms with Crippen LogP contribution in [0.4, 0.5) is 5.69 Å². The van der Waals surface area contributed by atoms with Crippen LogP contribution in [0.3, 0.4) is 0 Å². The predicted molar refractivity (Wildman–Crippen MR) is 79.4 cm³/mol. The molecule has 20 heavy (non-hydrogen) atoms. The van der Waals surface area contributed by atoms with Crippen molar-refractivity contribution in [2.75, 3.05) is 19.0 Å². The van der Waals surface area contributed by atoms with Gasteiger partial charge in [-0.05, 0) is 19.1 Å². The third-order valence-electron chi connectivity index (χ3n) is 2.96. The van der Waals surface area contributed by atoms with E-state index < -0.39 is 0 Å². The Morgan fingerprint density at radius 1 is 1.25 bits per heavy atom. The van der Waals surface area contributed by atoms with E-state index in [1.54, 1.807) is 6.92 Å². The summed E-state index contributed by atoms with van der Waals surface area (Å²) in [6, 6.07) is 7.99. The lowest BCUT2D eigenvalue weighted by molar-refractivity contribution is 0.829. The van der Waals surface area contributed by atoms with E-state index >= 15 is 0 Å². The van der Waals surface area contributed by atoms with Crippen molar-refractivity contribution in [3.05, 3.63) is 40.3 Å². The molecule has 0 aliphatic rings. The topological polar surface area (TPSA) is 63.4 Å². The predicted octanol–water partition coefficient (Wildman–Crippen LogP) is 1.59. The van der Waals surface area contributed by atoms with Crippen LogP contribution in [0.25, 0.3) is 15.5 Å². The second-order valence-corrected chi connectivity index (χ2v) is 5.59. The summed E-state index contributed by atoms with van der Waals surface area (Å²) in [5.41, 5.74) is 2.17. The molecule has 0 fully saturated rings. The Kier molecular flexibility index (Phi) is 2.98. The van der Waals surface area contributed by atoms with Gasteiger partial charge in [0.2, 0.25) is 4.96 Å². The van der Waals surface area contributed by atoms with Gasteiger partial charge >= 0.3 is 0 Å². The fourth-order valence-corrected chi connectivity index (χ4v) is 2.66. The Morgan fingerprint density at radius 3 is 2.80 bits per heavy atom. The molecule has 0 radical (unpaired) electrons.